The summed E-state index contributed by atoms with van der Waals surface area (Å²) in [4.78, 5) is 12.1. The molecule has 0 saturated carbocycles. The molecule has 0 aliphatic carbocycles. The highest BCUT2D eigenvalue weighted by Gasteiger charge is 2.14. The molecule has 4 heteroatoms. The molecule has 0 amide bonds. The number of hydrogen-bond acceptors (Lipinski definition) is 4. The molecular weight excluding hydrogens is 352 g/mol. The number of benzene rings is 3. The molecule has 28 heavy (non-hydrogen) atoms. The first-order chi connectivity index (χ1) is 13.6. The summed E-state index contributed by atoms with van der Waals surface area (Å²) in [5.41, 5.74) is 3.88. The molecule has 0 fully saturated rings. The third-order valence-electron chi connectivity index (χ3n) is 4.59. The van der Waals surface area contributed by atoms with Crippen LogP contribution in [0.1, 0.15) is 11.1 Å². The third kappa shape index (κ3) is 3.62. The predicted octanol–water partition coefficient (Wildman–Crippen LogP) is 5.36. The molecule has 1 heterocycles. The van der Waals surface area contributed by atoms with E-state index in [1.54, 1.807) is 7.11 Å². The average molecular weight is 372 g/mol. The van der Waals surface area contributed by atoms with E-state index in [4.69, 9.17) is 13.9 Å². The number of aryl methyl sites for hydroxylation is 1. The van der Waals surface area contributed by atoms with E-state index in [1.165, 1.54) is 6.07 Å². The van der Waals surface area contributed by atoms with Crippen molar-refractivity contribution in [3.8, 4) is 22.6 Å². The molecule has 0 aliphatic rings. The molecule has 0 N–H and O–H groups in total. The van der Waals surface area contributed by atoms with Gasteiger partial charge in [0.2, 0.25) is 0 Å². The van der Waals surface area contributed by atoms with E-state index in [9.17, 15) is 4.79 Å². The minimum Gasteiger partial charge on any atom is -0.497 e. The summed E-state index contributed by atoms with van der Waals surface area (Å²) >= 11 is 0. The van der Waals surface area contributed by atoms with Crippen molar-refractivity contribution >= 4 is 11.0 Å². The zero-order valence-electron chi connectivity index (χ0n) is 15.8. The van der Waals surface area contributed by atoms with Gasteiger partial charge in [-0.2, -0.15) is 0 Å². The number of fused-ring (bicyclic) bond motifs is 1. The molecule has 0 bridgehead atoms. The van der Waals surface area contributed by atoms with Gasteiger partial charge in [-0.25, -0.2) is 4.79 Å². The SMILES string of the molecule is COc1ccc(COc2cc(C)cc3oc(=O)cc(-c4ccccc4)c23)cc1. The molecule has 0 spiro atoms. The summed E-state index contributed by atoms with van der Waals surface area (Å²) in [6.07, 6.45) is 0. The fourth-order valence-electron chi connectivity index (χ4n) is 3.24. The topological polar surface area (TPSA) is 48.7 Å². The van der Waals surface area contributed by atoms with Crippen molar-refractivity contribution in [2.45, 2.75) is 13.5 Å². The lowest BCUT2D eigenvalue weighted by Gasteiger charge is -2.13. The fraction of sp³-hybridized carbons (Fsp3) is 0.125. The smallest absolute Gasteiger partial charge is 0.336 e. The fourth-order valence-corrected chi connectivity index (χ4v) is 3.24. The second-order valence-corrected chi connectivity index (χ2v) is 6.62. The Morgan fingerprint density at radius 2 is 1.68 bits per heavy atom. The lowest BCUT2D eigenvalue weighted by molar-refractivity contribution is 0.309. The Morgan fingerprint density at radius 3 is 2.39 bits per heavy atom. The number of hydrogen-bond donors (Lipinski definition) is 0. The molecule has 1 aromatic heterocycles. The van der Waals surface area contributed by atoms with Gasteiger partial charge < -0.3 is 13.9 Å². The van der Waals surface area contributed by atoms with E-state index in [-0.39, 0.29) is 5.63 Å². The highest BCUT2D eigenvalue weighted by atomic mass is 16.5. The van der Waals surface area contributed by atoms with E-state index < -0.39 is 0 Å². The largest absolute Gasteiger partial charge is 0.497 e. The maximum absolute atomic E-state index is 12.1. The Morgan fingerprint density at radius 1 is 0.929 bits per heavy atom. The molecule has 4 rings (SSSR count). The van der Waals surface area contributed by atoms with Crippen molar-refractivity contribution in [3.05, 3.63) is 94.3 Å². The summed E-state index contributed by atoms with van der Waals surface area (Å²) in [6.45, 7) is 2.35. The van der Waals surface area contributed by atoms with E-state index in [2.05, 4.69) is 0 Å². The van der Waals surface area contributed by atoms with Gasteiger partial charge in [0.15, 0.2) is 0 Å². The normalized spacial score (nSPS) is 10.8. The van der Waals surface area contributed by atoms with E-state index >= 15 is 0 Å². The lowest BCUT2D eigenvalue weighted by atomic mass is 10.0. The van der Waals surface area contributed by atoms with Gasteiger partial charge in [0.05, 0.1) is 12.5 Å². The number of rotatable bonds is 5. The van der Waals surface area contributed by atoms with Crippen LogP contribution in [0, 0.1) is 6.92 Å². The van der Waals surface area contributed by atoms with Crippen molar-refractivity contribution in [1.29, 1.82) is 0 Å². The second-order valence-electron chi connectivity index (χ2n) is 6.62. The molecule has 4 nitrogen and oxygen atoms in total. The van der Waals surface area contributed by atoms with Crippen LogP contribution in [0.2, 0.25) is 0 Å². The average Bonchev–Trinajstić information content (AvgIpc) is 2.72. The summed E-state index contributed by atoms with van der Waals surface area (Å²) in [6, 6.07) is 22.9. The van der Waals surface area contributed by atoms with Gasteiger partial charge in [-0.1, -0.05) is 42.5 Å². The first-order valence-electron chi connectivity index (χ1n) is 9.04. The third-order valence-corrected chi connectivity index (χ3v) is 4.59. The van der Waals surface area contributed by atoms with Crippen LogP contribution >= 0.6 is 0 Å². The van der Waals surface area contributed by atoms with Gasteiger partial charge in [-0.05, 0) is 47.9 Å². The van der Waals surface area contributed by atoms with E-state index in [1.807, 2.05) is 73.7 Å². The Kier molecular flexibility index (Phi) is 4.85. The quantitative estimate of drug-likeness (QED) is 0.443. The molecule has 0 unspecified atom stereocenters. The highest BCUT2D eigenvalue weighted by molar-refractivity contribution is 5.98. The first-order valence-corrected chi connectivity index (χ1v) is 9.04. The van der Waals surface area contributed by atoms with Gasteiger partial charge in [0, 0.05) is 11.6 Å². The highest BCUT2D eigenvalue weighted by Crippen LogP contribution is 2.35. The molecular formula is C24H20O4. The van der Waals surface area contributed by atoms with Crippen LogP contribution in [0.25, 0.3) is 22.1 Å². The van der Waals surface area contributed by atoms with Gasteiger partial charge in [-0.15, -0.1) is 0 Å². The second kappa shape index (κ2) is 7.61. The first kappa shape index (κ1) is 17.9. The number of ether oxygens (including phenoxy) is 2. The number of methoxy groups -OCH3 is 1. The predicted molar refractivity (Wildman–Crippen MR) is 110 cm³/mol. The molecule has 0 saturated heterocycles. The van der Waals surface area contributed by atoms with Crippen LogP contribution < -0.4 is 15.1 Å². The zero-order chi connectivity index (χ0) is 19.5. The van der Waals surface area contributed by atoms with Crippen molar-refractivity contribution in [3.63, 3.8) is 0 Å². The van der Waals surface area contributed by atoms with Crippen molar-refractivity contribution < 1.29 is 13.9 Å². The van der Waals surface area contributed by atoms with Crippen LogP contribution in [0.5, 0.6) is 11.5 Å². The summed E-state index contributed by atoms with van der Waals surface area (Å²) in [5, 5.41) is 0.796. The molecule has 3 aromatic carbocycles. The van der Waals surface area contributed by atoms with Crippen molar-refractivity contribution in [1.82, 2.24) is 0 Å². The summed E-state index contributed by atoms with van der Waals surface area (Å²) in [5.74, 6) is 1.49. The van der Waals surface area contributed by atoms with Crippen LogP contribution in [0.3, 0.4) is 0 Å². The molecule has 0 radical (unpaired) electrons. The maximum atomic E-state index is 12.1. The monoisotopic (exact) mass is 372 g/mol. The lowest BCUT2D eigenvalue weighted by Crippen LogP contribution is -2.02. The standard InChI is InChI=1S/C24H20O4/c1-16-12-21(27-15-17-8-10-19(26-2)11-9-17)24-20(18-6-4-3-5-7-18)14-23(25)28-22(24)13-16/h3-14H,15H2,1-2H3. The maximum Gasteiger partial charge on any atom is 0.336 e. The Bertz CT molecular complexity index is 1160. The van der Waals surface area contributed by atoms with Gasteiger partial charge in [-0.3, -0.25) is 0 Å². The molecule has 140 valence electrons. The molecule has 0 aliphatic heterocycles. The molecule has 0 atom stereocenters. The minimum absolute atomic E-state index is 0.377. The summed E-state index contributed by atoms with van der Waals surface area (Å²) in [7, 11) is 1.64. The van der Waals surface area contributed by atoms with Gasteiger partial charge in [0.1, 0.15) is 23.7 Å². The van der Waals surface area contributed by atoms with E-state index in [0.29, 0.717) is 17.9 Å². The van der Waals surface area contributed by atoms with E-state index in [0.717, 1.165) is 33.4 Å². The molecule has 4 aromatic rings. The van der Waals surface area contributed by atoms with Crippen LogP contribution in [0.15, 0.2) is 82.0 Å². The van der Waals surface area contributed by atoms with Crippen molar-refractivity contribution in [2.75, 3.05) is 7.11 Å². The van der Waals surface area contributed by atoms with Crippen LogP contribution in [-0.2, 0) is 6.61 Å². The van der Waals surface area contributed by atoms with Gasteiger partial charge in [0.25, 0.3) is 0 Å². The Hall–Kier alpha value is -3.53. The Labute approximate surface area is 163 Å². The zero-order valence-corrected chi connectivity index (χ0v) is 15.8. The van der Waals surface area contributed by atoms with Crippen LogP contribution in [-0.4, -0.2) is 7.11 Å². The van der Waals surface area contributed by atoms with Crippen LogP contribution in [0.4, 0.5) is 0 Å². The minimum atomic E-state index is -0.377. The Balaban J connectivity index is 1.79. The summed E-state index contributed by atoms with van der Waals surface area (Å²) < 4.78 is 16.8. The van der Waals surface area contributed by atoms with Gasteiger partial charge >= 0.3 is 5.63 Å². The van der Waals surface area contributed by atoms with Crippen molar-refractivity contribution in [2.24, 2.45) is 0 Å².